The fraction of sp³-hybridized carbons (Fsp3) is 0.636. The Morgan fingerprint density at radius 3 is 2.65 bits per heavy atom. The van der Waals surface area contributed by atoms with Crippen molar-refractivity contribution in [1.29, 1.82) is 0 Å². The maximum Gasteiger partial charge on any atom is 0.332 e. The summed E-state index contributed by atoms with van der Waals surface area (Å²) in [6.07, 6.45) is 2.37. The SMILES string of the molecule is Cc1nc(NN)nc(N(C)CCCCCO)c1[N+](=O)[O-]. The number of hydrogen-bond donors (Lipinski definition) is 3. The van der Waals surface area contributed by atoms with Crippen LogP contribution >= 0.6 is 0 Å². The number of aliphatic hydroxyl groups is 1. The maximum absolute atomic E-state index is 11.1. The van der Waals surface area contributed by atoms with Crippen LogP contribution in [0.25, 0.3) is 0 Å². The molecule has 0 unspecified atom stereocenters. The molecular weight excluding hydrogens is 264 g/mol. The number of anilines is 2. The van der Waals surface area contributed by atoms with Gasteiger partial charge >= 0.3 is 5.69 Å². The van der Waals surface area contributed by atoms with Crippen LogP contribution in [0.5, 0.6) is 0 Å². The number of hydrogen-bond acceptors (Lipinski definition) is 8. The Morgan fingerprint density at radius 1 is 1.40 bits per heavy atom. The lowest BCUT2D eigenvalue weighted by atomic mass is 10.2. The molecule has 20 heavy (non-hydrogen) atoms. The first kappa shape index (κ1) is 16.1. The third-order valence-corrected chi connectivity index (χ3v) is 2.86. The molecule has 0 bridgehead atoms. The van der Waals surface area contributed by atoms with Crippen LogP contribution < -0.4 is 16.2 Å². The molecule has 1 rings (SSSR count). The van der Waals surface area contributed by atoms with Crippen molar-refractivity contribution in [2.24, 2.45) is 5.84 Å². The molecule has 0 saturated heterocycles. The normalized spacial score (nSPS) is 10.4. The fourth-order valence-electron chi connectivity index (χ4n) is 1.84. The van der Waals surface area contributed by atoms with Crippen molar-refractivity contribution in [3.8, 4) is 0 Å². The third kappa shape index (κ3) is 4.00. The van der Waals surface area contributed by atoms with Crippen molar-refractivity contribution < 1.29 is 10.0 Å². The van der Waals surface area contributed by atoms with E-state index in [2.05, 4.69) is 15.4 Å². The number of nitrogen functional groups attached to an aromatic ring is 1. The van der Waals surface area contributed by atoms with Gasteiger partial charge in [0.15, 0.2) is 0 Å². The van der Waals surface area contributed by atoms with Gasteiger partial charge in [-0.15, -0.1) is 0 Å². The van der Waals surface area contributed by atoms with Crippen molar-refractivity contribution in [2.75, 3.05) is 30.5 Å². The quantitative estimate of drug-likeness (QED) is 0.273. The van der Waals surface area contributed by atoms with E-state index >= 15 is 0 Å². The molecule has 0 aliphatic heterocycles. The van der Waals surface area contributed by atoms with Crippen LogP contribution in [0.15, 0.2) is 0 Å². The van der Waals surface area contributed by atoms with Gasteiger partial charge in [0, 0.05) is 20.2 Å². The monoisotopic (exact) mass is 284 g/mol. The van der Waals surface area contributed by atoms with Gasteiger partial charge in [0.2, 0.25) is 11.8 Å². The molecule has 1 aromatic heterocycles. The number of aliphatic hydroxyl groups excluding tert-OH is 1. The number of aryl methyl sites for hydroxylation is 1. The smallest absolute Gasteiger partial charge is 0.332 e. The highest BCUT2D eigenvalue weighted by molar-refractivity contribution is 5.61. The highest BCUT2D eigenvalue weighted by Crippen LogP contribution is 2.29. The zero-order valence-electron chi connectivity index (χ0n) is 11.7. The maximum atomic E-state index is 11.1. The molecule has 0 radical (unpaired) electrons. The molecule has 0 saturated carbocycles. The van der Waals surface area contributed by atoms with Crippen LogP contribution in [0, 0.1) is 17.0 Å². The molecule has 0 aromatic carbocycles. The van der Waals surface area contributed by atoms with Gasteiger partial charge in [0.25, 0.3) is 0 Å². The lowest BCUT2D eigenvalue weighted by Gasteiger charge is -2.19. The minimum Gasteiger partial charge on any atom is -0.396 e. The first-order chi connectivity index (χ1) is 9.51. The van der Waals surface area contributed by atoms with Crippen molar-refractivity contribution in [2.45, 2.75) is 26.2 Å². The highest BCUT2D eigenvalue weighted by Gasteiger charge is 2.24. The Kier molecular flexibility index (Phi) is 6.07. The van der Waals surface area contributed by atoms with Gasteiger partial charge in [-0.05, 0) is 26.2 Å². The number of nitrogens with zero attached hydrogens (tertiary/aromatic N) is 4. The van der Waals surface area contributed by atoms with Gasteiger partial charge in [-0.25, -0.2) is 10.8 Å². The number of nitro groups is 1. The Morgan fingerprint density at radius 2 is 2.10 bits per heavy atom. The second-order valence-corrected chi connectivity index (χ2v) is 4.41. The topological polar surface area (TPSA) is 130 Å². The lowest BCUT2D eigenvalue weighted by Crippen LogP contribution is -2.23. The molecule has 0 aliphatic carbocycles. The van der Waals surface area contributed by atoms with Crippen LogP contribution in [-0.4, -0.2) is 40.2 Å². The summed E-state index contributed by atoms with van der Waals surface area (Å²) in [7, 11) is 1.73. The first-order valence-electron chi connectivity index (χ1n) is 6.33. The molecule has 0 spiro atoms. The van der Waals surface area contributed by atoms with Crippen LogP contribution in [0.1, 0.15) is 25.0 Å². The summed E-state index contributed by atoms with van der Waals surface area (Å²) in [5.41, 5.74) is 2.44. The number of nitrogens with one attached hydrogen (secondary N) is 1. The van der Waals surface area contributed by atoms with Gasteiger partial charge in [-0.2, -0.15) is 4.98 Å². The van der Waals surface area contributed by atoms with E-state index in [1.54, 1.807) is 18.9 Å². The summed E-state index contributed by atoms with van der Waals surface area (Å²) in [5.74, 6) is 5.64. The van der Waals surface area contributed by atoms with Gasteiger partial charge in [-0.3, -0.25) is 15.5 Å². The summed E-state index contributed by atoms with van der Waals surface area (Å²) in [5, 5.41) is 19.9. The van der Waals surface area contributed by atoms with E-state index in [1.165, 1.54) is 0 Å². The molecule has 0 amide bonds. The summed E-state index contributed by atoms with van der Waals surface area (Å²) in [6, 6.07) is 0. The largest absolute Gasteiger partial charge is 0.396 e. The molecule has 0 atom stereocenters. The van der Waals surface area contributed by atoms with E-state index in [9.17, 15) is 10.1 Å². The van der Waals surface area contributed by atoms with Crippen molar-refractivity contribution in [3.63, 3.8) is 0 Å². The van der Waals surface area contributed by atoms with Gasteiger partial charge in [-0.1, -0.05) is 0 Å². The van der Waals surface area contributed by atoms with Gasteiger partial charge in [0.1, 0.15) is 5.69 Å². The van der Waals surface area contributed by atoms with E-state index in [0.29, 0.717) is 13.0 Å². The first-order valence-corrected chi connectivity index (χ1v) is 6.33. The zero-order chi connectivity index (χ0) is 15.1. The van der Waals surface area contributed by atoms with Gasteiger partial charge in [0.05, 0.1) is 4.92 Å². The predicted octanol–water partition coefficient (Wildman–Crippen LogP) is 0.578. The Labute approximate surface area is 116 Å². The molecular formula is C11H20N6O3. The number of hydrazine groups is 1. The Hall–Kier alpha value is -2.00. The standard InChI is InChI=1S/C11H20N6O3/c1-8-9(17(19)20)10(14-11(13-8)15-12)16(2)6-4-3-5-7-18/h18H,3-7,12H2,1-2H3,(H,13,14,15). The number of nitrogens with two attached hydrogens (primary N) is 1. The number of rotatable bonds is 8. The molecule has 1 aromatic rings. The third-order valence-electron chi connectivity index (χ3n) is 2.86. The Balaban J connectivity index is 2.95. The molecule has 4 N–H and O–H groups in total. The summed E-state index contributed by atoms with van der Waals surface area (Å²) in [6.45, 7) is 2.29. The minimum absolute atomic E-state index is 0.117. The van der Waals surface area contributed by atoms with Crippen LogP contribution in [0.2, 0.25) is 0 Å². The average molecular weight is 284 g/mol. The van der Waals surface area contributed by atoms with Crippen LogP contribution in [0.3, 0.4) is 0 Å². The molecule has 1 heterocycles. The molecule has 0 aliphatic rings. The highest BCUT2D eigenvalue weighted by atomic mass is 16.6. The molecule has 112 valence electrons. The predicted molar refractivity (Wildman–Crippen MR) is 75.4 cm³/mol. The molecule has 0 fully saturated rings. The second-order valence-electron chi connectivity index (χ2n) is 4.41. The fourth-order valence-corrected chi connectivity index (χ4v) is 1.84. The second kappa shape index (κ2) is 7.56. The lowest BCUT2D eigenvalue weighted by molar-refractivity contribution is -0.385. The van der Waals surface area contributed by atoms with Gasteiger partial charge < -0.3 is 10.0 Å². The van der Waals surface area contributed by atoms with Crippen molar-refractivity contribution in [1.82, 2.24) is 9.97 Å². The average Bonchev–Trinajstić information content (AvgIpc) is 2.41. The number of aromatic nitrogens is 2. The van der Waals surface area contributed by atoms with Crippen LogP contribution in [0.4, 0.5) is 17.5 Å². The van der Waals surface area contributed by atoms with E-state index in [0.717, 1.165) is 12.8 Å². The van der Waals surface area contributed by atoms with Crippen LogP contribution in [-0.2, 0) is 0 Å². The van der Waals surface area contributed by atoms with E-state index < -0.39 is 4.92 Å². The molecule has 9 heteroatoms. The summed E-state index contributed by atoms with van der Waals surface area (Å²) < 4.78 is 0. The van der Waals surface area contributed by atoms with E-state index in [4.69, 9.17) is 10.9 Å². The van der Waals surface area contributed by atoms with E-state index in [1.807, 2.05) is 0 Å². The van der Waals surface area contributed by atoms with Crippen molar-refractivity contribution in [3.05, 3.63) is 15.8 Å². The van der Waals surface area contributed by atoms with Crippen molar-refractivity contribution >= 4 is 17.5 Å². The van der Waals surface area contributed by atoms with E-state index in [-0.39, 0.29) is 29.8 Å². The minimum atomic E-state index is -0.491. The number of unbranched alkanes of at least 4 members (excludes halogenated alkanes) is 2. The summed E-state index contributed by atoms with van der Waals surface area (Å²) in [4.78, 5) is 20.3. The molecule has 9 nitrogen and oxygen atoms in total. The summed E-state index contributed by atoms with van der Waals surface area (Å²) >= 11 is 0. The zero-order valence-corrected chi connectivity index (χ0v) is 11.7. The Bertz CT molecular complexity index is 468.